The van der Waals surface area contributed by atoms with Crippen LogP contribution >= 0.6 is 23.7 Å². The topological polar surface area (TPSA) is 44.4 Å². The molecular weight excluding hydrogens is 270 g/mol. The van der Waals surface area contributed by atoms with E-state index in [-0.39, 0.29) is 18.3 Å². The molecule has 102 valence electrons. The van der Waals surface area contributed by atoms with Crippen molar-refractivity contribution < 1.29 is 4.79 Å². The maximum absolute atomic E-state index is 11.8. The molecule has 18 heavy (non-hydrogen) atoms. The van der Waals surface area contributed by atoms with Gasteiger partial charge < -0.3 is 10.6 Å². The fraction of sp³-hybridized carbons (Fsp3) is 0.583. The van der Waals surface area contributed by atoms with Crippen LogP contribution in [0.2, 0.25) is 0 Å². The molecule has 0 radical (unpaired) electrons. The molecule has 1 fully saturated rings. The molecule has 0 unspecified atom stereocenters. The minimum Gasteiger partial charge on any atom is -0.350 e. The maximum Gasteiger partial charge on any atom is 0.234 e. The fourth-order valence-corrected chi connectivity index (χ4v) is 2.60. The third-order valence-electron chi connectivity index (χ3n) is 3.03. The third kappa shape index (κ3) is 4.57. The van der Waals surface area contributed by atoms with Crippen LogP contribution in [0.25, 0.3) is 0 Å². The first-order valence-electron chi connectivity index (χ1n) is 5.99. The maximum atomic E-state index is 11.8. The molecular formula is C12H20ClN3OS. The number of hydrogen-bond acceptors (Lipinski definition) is 4. The Kier molecular flexibility index (Phi) is 6.63. The van der Waals surface area contributed by atoms with Crippen LogP contribution in [0.4, 0.5) is 0 Å². The highest BCUT2D eigenvalue weighted by Gasteiger charge is 2.19. The number of amides is 1. The molecule has 4 nitrogen and oxygen atoms in total. The smallest absolute Gasteiger partial charge is 0.234 e. The number of hydrogen-bond donors (Lipinski definition) is 2. The second-order valence-electron chi connectivity index (χ2n) is 4.38. The van der Waals surface area contributed by atoms with Crippen molar-refractivity contribution >= 4 is 29.7 Å². The lowest BCUT2D eigenvalue weighted by atomic mass is 10.2. The summed E-state index contributed by atoms with van der Waals surface area (Å²) in [5.74, 6) is 0.118. The van der Waals surface area contributed by atoms with Crippen molar-refractivity contribution in [3.63, 3.8) is 0 Å². The minimum absolute atomic E-state index is 0. The first-order valence-corrected chi connectivity index (χ1v) is 6.87. The van der Waals surface area contributed by atoms with Gasteiger partial charge in [0.15, 0.2) is 0 Å². The molecule has 1 atom stereocenters. The summed E-state index contributed by atoms with van der Waals surface area (Å²) < 4.78 is 0. The molecule has 0 aliphatic carbocycles. The van der Waals surface area contributed by atoms with Gasteiger partial charge in [0.2, 0.25) is 5.91 Å². The number of carbonyl (C=O) groups excluding carboxylic acids is 1. The van der Waals surface area contributed by atoms with E-state index in [0.717, 1.165) is 19.6 Å². The summed E-state index contributed by atoms with van der Waals surface area (Å²) in [6.07, 6.45) is 0. The van der Waals surface area contributed by atoms with Gasteiger partial charge in [-0.15, -0.1) is 23.7 Å². The highest BCUT2D eigenvalue weighted by molar-refractivity contribution is 7.09. The van der Waals surface area contributed by atoms with Crippen molar-refractivity contribution in [2.24, 2.45) is 0 Å². The summed E-state index contributed by atoms with van der Waals surface area (Å²) in [4.78, 5) is 15.2. The van der Waals surface area contributed by atoms with E-state index in [4.69, 9.17) is 0 Å². The van der Waals surface area contributed by atoms with Gasteiger partial charge in [-0.2, -0.15) is 0 Å². The highest BCUT2D eigenvalue weighted by atomic mass is 35.5. The van der Waals surface area contributed by atoms with Crippen LogP contribution in [0.15, 0.2) is 17.5 Å². The zero-order valence-electron chi connectivity index (χ0n) is 10.5. The van der Waals surface area contributed by atoms with Gasteiger partial charge in [-0.25, -0.2) is 0 Å². The normalized spacial score (nSPS) is 20.2. The molecule has 1 amide bonds. The number of rotatable bonds is 4. The van der Waals surface area contributed by atoms with Crippen molar-refractivity contribution in [2.45, 2.75) is 19.5 Å². The van der Waals surface area contributed by atoms with E-state index in [1.54, 1.807) is 11.3 Å². The summed E-state index contributed by atoms with van der Waals surface area (Å²) >= 11 is 1.67. The summed E-state index contributed by atoms with van der Waals surface area (Å²) in [6.45, 7) is 6.21. The molecule has 1 aromatic heterocycles. The van der Waals surface area contributed by atoms with E-state index in [9.17, 15) is 4.79 Å². The Bertz CT molecular complexity index is 358. The zero-order chi connectivity index (χ0) is 12.1. The predicted octanol–water partition coefficient (Wildman–Crippen LogP) is 1.08. The summed E-state index contributed by atoms with van der Waals surface area (Å²) in [6, 6.07) is 4.49. The Hall–Kier alpha value is -0.620. The van der Waals surface area contributed by atoms with E-state index in [1.165, 1.54) is 4.88 Å². The number of carbonyl (C=O) groups is 1. The van der Waals surface area contributed by atoms with Crippen molar-refractivity contribution in [1.82, 2.24) is 15.5 Å². The monoisotopic (exact) mass is 289 g/mol. The number of nitrogens with one attached hydrogen (secondary N) is 2. The van der Waals surface area contributed by atoms with Crippen molar-refractivity contribution in [3.8, 4) is 0 Å². The molecule has 1 aromatic rings. The summed E-state index contributed by atoms with van der Waals surface area (Å²) in [5.41, 5.74) is 0. The average Bonchev–Trinajstić information content (AvgIpc) is 2.82. The molecule has 2 rings (SSSR count). The van der Waals surface area contributed by atoms with Crippen LogP contribution in [-0.2, 0) is 11.3 Å². The Morgan fingerprint density at radius 1 is 1.67 bits per heavy atom. The standard InChI is InChI=1S/C12H19N3OS.ClH/c1-10-7-13-4-5-15(10)9-12(16)14-8-11-3-2-6-17-11;/h2-3,6,10,13H,4-5,7-9H2,1H3,(H,14,16);1H/t10-;/m0./s1. The van der Waals surface area contributed by atoms with Crippen LogP contribution in [-0.4, -0.2) is 43.0 Å². The SMILES string of the molecule is C[C@H]1CNCCN1CC(=O)NCc1cccs1.Cl. The number of halogens is 1. The van der Waals surface area contributed by atoms with Crippen LogP contribution < -0.4 is 10.6 Å². The summed E-state index contributed by atoms with van der Waals surface area (Å²) in [5, 5.41) is 8.31. The molecule has 0 bridgehead atoms. The second kappa shape index (κ2) is 7.74. The summed E-state index contributed by atoms with van der Waals surface area (Å²) in [7, 11) is 0. The molecule has 1 aliphatic heterocycles. The van der Waals surface area contributed by atoms with Gasteiger partial charge in [-0.1, -0.05) is 6.07 Å². The van der Waals surface area contributed by atoms with E-state index < -0.39 is 0 Å². The van der Waals surface area contributed by atoms with Crippen LogP contribution in [0.3, 0.4) is 0 Å². The third-order valence-corrected chi connectivity index (χ3v) is 3.90. The van der Waals surface area contributed by atoms with Gasteiger partial charge in [-0.05, 0) is 18.4 Å². The Morgan fingerprint density at radius 3 is 3.17 bits per heavy atom. The van der Waals surface area contributed by atoms with E-state index >= 15 is 0 Å². The molecule has 1 saturated heterocycles. The molecule has 2 heterocycles. The Labute approximate surface area is 118 Å². The highest BCUT2D eigenvalue weighted by Crippen LogP contribution is 2.07. The number of nitrogens with zero attached hydrogens (tertiary/aromatic N) is 1. The van der Waals surface area contributed by atoms with Crippen molar-refractivity contribution in [3.05, 3.63) is 22.4 Å². The van der Waals surface area contributed by atoms with Crippen molar-refractivity contribution in [2.75, 3.05) is 26.2 Å². The molecule has 0 saturated carbocycles. The first kappa shape index (κ1) is 15.4. The van der Waals surface area contributed by atoms with Gasteiger partial charge in [0.25, 0.3) is 0 Å². The van der Waals surface area contributed by atoms with Crippen LogP contribution in [0.5, 0.6) is 0 Å². The average molecular weight is 290 g/mol. The lowest BCUT2D eigenvalue weighted by Gasteiger charge is -2.33. The van der Waals surface area contributed by atoms with Crippen LogP contribution in [0, 0.1) is 0 Å². The van der Waals surface area contributed by atoms with Gasteiger partial charge in [0.1, 0.15) is 0 Å². The zero-order valence-corrected chi connectivity index (χ0v) is 12.1. The quantitative estimate of drug-likeness (QED) is 0.872. The van der Waals surface area contributed by atoms with Crippen molar-refractivity contribution in [1.29, 1.82) is 0 Å². The molecule has 6 heteroatoms. The largest absolute Gasteiger partial charge is 0.350 e. The molecule has 0 aromatic carbocycles. The lowest BCUT2D eigenvalue weighted by Crippen LogP contribution is -2.52. The van der Waals surface area contributed by atoms with E-state index in [1.807, 2.05) is 17.5 Å². The van der Waals surface area contributed by atoms with Gasteiger partial charge in [-0.3, -0.25) is 9.69 Å². The fourth-order valence-electron chi connectivity index (χ4n) is 1.96. The molecule has 2 N–H and O–H groups in total. The van der Waals surface area contributed by atoms with Gasteiger partial charge >= 0.3 is 0 Å². The van der Waals surface area contributed by atoms with E-state index in [2.05, 4.69) is 22.5 Å². The van der Waals surface area contributed by atoms with E-state index in [0.29, 0.717) is 19.1 Å². The van der Waals surface area contributed by atoms with Gasteiger partial charge in [0, 0.05) is 30.6 Å². The number of piperazine rings is 1. The predicted molar refractivity (Wildman–Crippen MR) is 77.3 cm³/mol. The Balaban J connectivity index is 0.00000162. The molecule has 0 spiro atoms. The lowest BCUT2D eigenvalue weighted by molar-refractivity contribution is -0.123. The first-order chi connectivity index (χ1) is 8.25. The van der Waals surface area contributed by atoms with Gasteiger partial charge in [0.05, 0.1) is 13.1 Å². The Morgan fingerprint density at radius 2 is 2.50 bits per heavy atom. The van der Waals surface area contributed by atoms with Crippen LogP contribution in [0.1, 0.15) is 11.8 Å². The molecule has 1 aliphatic rings. The minimum atomic E-state index is 0. The second-order valence-corrected chi connectivity index (χ2v) is 5.41. The number of thiophene rings is 1.